The molecule has 0 aliphatic heterocycles. The van der Waals surface area contributed by atoms with Gasteiger partial charge >= 0.3 is 5.97 Å². The average molecular weight is 282 g/mol. The first-order chi connectivity index (χ1) is 9.46. The van der Waals surface area contributed by atoms with Gasteiger partial charge in [-0.1, -0.05) is 33.1 Å². The van der Waals surface area contributed by atoms with Gasteiger partial charge in [0.05, 0.1) is 7.11 Å². The summed E-state index contributed by atoms with van der Waals surface area (Å²) in [5.74, 6) is -0.571. The number of hydrogen-bond donors (Lipinski definition) is 1. The van der Waals surface area contributed by atoms with Gasteiger partial charge in [-0.15, -0.1) is 0 Å². The third-order valence-corrected chi connectivity index (χ3v) is 3.48. The van der Waals surface area contributed by atoms with Gasteiger partial charge in [-0.25, -0.2) is 9.78 Å². The van der Waals surface area contributed by atoms with E-state index in [4.69, 9.17) is 0 Å². The maximum atomic E-state index is 11.9. The Labute approximate surface area is 118 Å². The molecule has 0 aliphatic carbocycles. The molecule has 0 aliphatic rings. The maximum absolute atomic E-state index is 11.9. The monoisotopic (exact) mass is 282 g/mol. The van der Waals surface area contributed by atoms with Crippen LogP contribution in [-0.4, -0.2) is 27.7 Å². The molecule has 6 heteroatoms. The molecule has 0 saturated carbocycles. The summed E-state index contributed by atoms with van der Waals surface area (Å²) in [6, 6.07) is 0. The van der Waals surface area contributed by atoms with Gasteiger partial charge in [-0.2, -0.15) is 0 Å². The van der Waals surface area contributed by atoms with Crippen LogP contribution < -0.4 is 5.56 Å². The number of ether oxygens (including phenoxy) is 1. The minimum absolute atomic E-state index is 0.308. The van der Waals surface area contributed by atoms with Crippen LogP contribution in [0.1, 0.15) is 49.4 Å². The summed E-state index contributed by atoms with van der Waals surface area (Å²) >= 11 is 0. The van der Waals surface area contributed by atoms with Crippen LogP contribution in [0.3, 0.4) is 0 Å². The standard InChI is InChI=1S/C14H22N2O4/c1-5-7-9(6-2)8-10-15-11(14(19)20-4)12(17)13(18)16(10)3/h9,17H,5-8H2,1-4H3. The van der Waals surface area contributed by atoms with Crippen LogP contribution >= 0.6 is 0 Å². The van der Waals surface area contributed by atoms with Gasteiger partial charge in [0.2, 0.25) is 5.75 Å². The highest BCUT2D eigenvalue weighted by atomic mass is 16.5. The fraction of sp³-hybridized carbons (Fsp3) is 0.643. The molecule has 6 nitrogen and oxygen atoms in total. The minimum Gasteiger partial charge on any atom is -0.501 e. The van der Waals surface area contributed by atoms with Gasteiger partial charge in [-0.3, -0.25) is 9.36 Å². The molecule has 1 aromatic heterocycles. The number of nitrogens with zero attached hydrogens (tertiary/aromatic N) is 2. The lowest BCUT2D eigenvalue weighted by atomic mass is 9.96. The van der Waals surface area contributed by atoms with Crippen molar-refractivity contribution >= 4 is 5.97 Å². The van der Waals surface area contributed by atoms with E-state index in [2.05, 4.69) is 23.6 Å². The molecule has 1 aromatic rings. The van der Waals surface area contributed by atoms with Crippen molar-refractivity contribution in [1.29, 1.82) is 0 Å². The molecular weight excluding hydrogens is 260 g/mol. The van der Waals surface area contributed by atoms with Gasteiger partial charge in [0.25, 0.3) is 5.56 Å². The van der Waals surface area contributed by atoms with Crippen LogP contribution in [0.2, 0.25) is 0 Å². The second-order valence-electron chi connectivity index (χ2n) is 4.85. The van der Waals surface area contributed by atoms with Crippen molar-refractivity contribution in [3.63, 3.8) is 0 Å². The third kappa shape index (κ3) is 3.37. The van der Waals surface area contributed by atoms with E-state index in [1.54, 1.807) is 7.05 Å². The second-order valence-corrected chi connectivity index (χ2v) is 4.85. The molecule has 0 spiro atoms. The van der Waals surface area contributed by atoms with E-state index in [-0.39, 0.29) is 5.69 Å². The molecule has 1 atom stereocenters. The van der Waals surface area contributed by atoms with Crippen LogP contribution in [0.5, 0.6) is 5.75 Å². The fourth-order valence-corrected chi connectivity index (χ4v) is 2.17. The molecule has 0 fully saturated rings. The quantitative estimate of drug-likeness (QED) is 0.802. The zero-order valence-corrected chi connectivity index (χ0v) is 12.5. The number of aromatic nitrogens is 2. The van der Waals surface area contributed by atoms with Crippen molar-refractivity contribution in [2.75, 3.05) is 7.11 Å². The lowest BCUT2D eigenvalue weighted by molar-refractivity contribution is 0.0589. The fourth-order valence-electron chi connectivity index (χ4n) is 2.17. The van der Waals surface area contributed by atoms with Gasteiger partial charge in [0.1, 0.15) is 5.82 Å². The number of methoxy groups -OCH3 is 1. The number of hydrogen-bond acceptors (Lipinski definition) is 5. The summed E-state index contributed by atoms with van der Waals surface area (Å²) < 4.78 is 5.83. The first kappa shape index (κ1) is 16.2. The Hall–Kier alpha value is -1.85. The number of esters is 1. The van der Waals surface area contributed by atoms with Crippen LogP contribution in [-0.2, 0) is 18.2 Å². The van der Waals surface area contributed by atoms with E-state index in [1.165, 1.54) is 11.7 Å². The van der Waals surface area contributed by atoms with Crippen molar-refractivity contribution in [3.05, 3.63) is 21.9 Å². The molecule has 1 unspecified atom stereocenters. The highest BCUT2D eigenvalue weighted by Crippen LogP contribution is 2.18. The zero-order chi connectivity index (χ0) is 15.3. The smallest absolute Gasteiger partial charge is 0.360 e. The normalized spacial score (nSPS) is 12.2. The van der Waals surface area contributed by atoms with E-state index in [0.29, 0.717) is 18.2 Å². The Morgan fingerprint density at radius 2 is 2.10 bits per heavy atom. The van der Waals surface area contributed by atoms with Crippen molar-refractivity contribution in [2.24, 2.45) is 13.0 Å². The average Bonchev–Trinajstić information content (AvgIpc) is 2.46. The summed E-state index contributed by atoms with van der Waals surface area (Å²) in [5, 5.41) is 9.70. The van der Waals surface area contributed by atoms with E-state index >= 15 is 0 Å². The summed E-state index contributed by atoms with van der Waals surface area (Å²) in [6.07, 6.45) is 3.65. The molecule has 0 bridgehead atoms. The van der Waals surface area contributed by atoms with E-state index in [0.717, 1.165) is 19.3 Å². The lowest BCUT2D eigenvalue weighted by Gasteiger charge is -2.16. The minimum atomic E-state index is -0.801. The van der Waals surface area contributed by atoms with E-state index in [1.807, 2.05) is 0 Å². The Balaban J connectivity index is 3.23. The van der Waals surface area contributed by atoms with Crippen LogP contribution in [0.4, 0.5) is 0 Å². The van der Waals surface area contributed by atoms with E-state index in [9.17, 15) is 14.7 Å². The Morgan fingerprint density at radius 3 is 2.60 bits per heavy atom. The van der Waals surface area contributed by atoms with Crippen LogP contribution in [0.15, 0.2) is 4.79 Å². The molecule has 1 heterocycles. The molecule has 1 N–H and O–H groups in total. The largest absolute Gasteiger partial charge is 0.501 e. The molecule has 20 heavy (non-hydrogen) atoms. The van der Waals surface area contributed by atoms with Gasteiger partial charge in [-0.05, 0) is 5.92 Å². The molecule has 0 radical (unpaired) electrons. The van der Waals surface area contributed by atoms with Crippen LogP contribution in [0, 0.1) is 5.92 Å². The first-order valence-electron chi connectivity index (χ1n) is 6.83. The maximum Gasteiger partial charge on any atom is 0.360 e. The molecule has 0 amide bonds. The first-order valence-corrected chi connectivity index (χ1v) is 6.83. The molecule has 1 rings (SSSR count). The van der Waals surface area contributed by atoms with Crippen molar-refractivity contribution in [3.8, 4) is 5.75 Å². The van der Waals surface area contributed by atoms with Crippen molar-refractivity contribution in [2.45, 2.75) is 39.5 Å². The number of carbonyl (C=O) groups excluding carboxylic acids is 1. The van der Waals surface area contributed by atoms with Gasteiger partial charge in [0, 0.05) is 13.5 Å². The Kier molecular flexibility index (Phi) is 5.73. The van der Waals surface area contributed by atoms with Crippen molar-refractivity contribution in [1.82, 2.24) is 9.55 Å². The molecule has 0 aromatic carbocycles. The molecule has 0 saturated heterocycles. The summed E-state index contributed by atoms with van der Waals surface area (Å²) in [4.78, 5) is 27.6. The topological polar surface area (TPSA) is 81.4 Å². The highest BCUT2D eigenvalue weighted by molar-refractivity contribution is 5.89. The summed E-state index contributed by atoms with van der Waals surface area (Å²) in [5.41, 5.74) is -0.932. The Morgan fingerprint density at radius 1 is 1.45 bits per heavy atom. The number of carbonyl (C=O) groups is 1. The Bertz CT molecular complexity index is 537. The molecule has 112 valence electrons. The predicted octanol–water partition coefficient (Wildman–Crippen LogP) is 1.64. The highest BCUT2D eigenvalue weighted by Gasteiger charge is 2.21. The molecular formula is C14H22N2O4. The van der Waals surface area contributed by atoms with Crippen molar-refractivity contribution < 1.29 is 14.6 Å². The zero-order valence-electron chi connectivity index (χ0n) is 12.5. The van der Waals surface area contributed by atoms with E-state index < -0.39 is 17.3 Å². The second kappa shape index (κ2) is 7.07. The summed E-state index contributed by atoms with van der Waals surface area (Å²) in [7, 11) is 2.73. The van der Waals surface area contributed by atoms with Gasteiger partial charge < -0.3 is 9.84 Å². The third-order valence-electron chi connectivity index (χ3n) is 3.48. The predicted molar refractivity (Wildman–Crippen MR) is 74.9 cm³/mol. The lowest BCUT2D eigenvalue weighted by Crippen LogP contribution is -2.26. The summed E-state index contributed by atoms with van der Waals surface area (Å²) in [6.45, 7) is 4.19. The van der Waals surface area contributed by atoms with Gasteiger partial charge in [0.15, 0.2) is 5.69 Å². The number of aromatic hydroxyl groups is 1. The SMILES string of the molecule is CCCC(CC)Cc1nc(C(=O)OC)c(O)c(=O)n1C. The van der Waals surface area contributed by atoms with Crippen LogP contribution in [0.25, 0.3) is 0 Å². The number of rotatable bonds is 6.